The average molecular weight is 473 g/mol. The minimum atomic E-state index is 0.876. The van der Waals surface area contributed by atoms with Crippen molar-refractivity contribution in [3.8, 4) is 22.4 Å². The molecule has 0 spiro atoms. The van der Waals surface area contributed by atoms with E-state index < -0.39 is 0 Å². The van der Waals surface area contributed by atoms with Crippen molar-refractivity contribution in [1.29, 1.82) is 0 Å². The van der Waals surface area contributed by atoms with Crippen molar-refractivity contribution in [2.24, 2.45) is 0 Å². The highest BCUT2D eigenvalue weighted by atomic mass is 16.3. The van der Waals surface area contributed by atoms with Crippen molar-refractivity contribution >= 4 is 54.4 Å². The normalized spacial score (nSPS) is 11.8. The van der Waals surface area contributed by atoms with Crippen LogP contribution in [0.4, 0.5) is 0 Å². The van der Waals surface area contributed by atoms with Crippen LogP contribution < -0.4 is 0 Å². The Morgan fingerprint density at radius 2 is 1.27 bits per heavy atom. The highest BCUT2D eigenvalue weighted by molar-refractivity contribution is 6.31. The summed E-state index contributed by atoms with van der Waals surface area (Å²) in [6, 6.07) is 37.8. The van der Waals surface area contributed by atoms with Gasteiger partial charge in [-0.25, -0.2) is 4.98 Å². The second-order valence-electron chi connectivity index (χ2n) is 9.40. The lowest BCUT2D eigenvalue weighted by atomic mass is 9.91. The summed E-state index contributed by atoms with van der Waals surface area (Å²) in [6.45, 7) is 0. The van der Waals surface area contributed by atoms with Crippen LogP contribution >= 0.6 is 0 Å². The zero-order chi connectivity index (χ0) is 24.3. The molecule has 3 aromatic heterocycles. The van der Waals surface area contributed by atoms with E-state index in [-0.39, 0.29) is 0 Å². The molecule has 0 N–H and O–H groups in total. The van der Waals surface area contributed by atoms with E-state index in [2.05, 4.69) is 96.0 Å². The first kappa shape index (κ1) is 20.2. The summed E-state index contributed by atoms with van der Waals surface area (Å²) >= 11 is 0. The van der Waals surface area contributed by atoms with Gasteiger partial charge < -0.3 is 4.42 Å². The van der Waals surface area contributed by atoms with Crippen LogP contribution in [0.25, 0.3) is 76.8 Å². The van der Waals surface area contributed by atoms with Crippen LogP contribution in [0.3, 0.4) is 0 Å². The van der Waals surface area contributed by atoms with Gasteiger partial charge in [0.2, 0.25) is 0 Å². The number of hydrogen-bond donors (Lipinski definition) is 0. The third kappa shape index (κ3) is 2.95. The number of rotatable bonds is 2. The van der Waals surface area contributed by atoms with Gasteiger partial charge in [0, 0.05) is 61.4 Å². The Labute approximate surface area is 212 Å². The summed E-state index contributed by atoms with van der Waals surface area (Å²) in [6.07, 6.45) is 3.87. The number of hydrogen-bond acceptors (Lipinski definition) is 3. The van der Waals surface area contributed by atoms with Gasteiger partial charge in [-0.3, -0.25) is 4.98 Å². The van der Waals surface area contributed by atoms with E-state index in [0.29, 0.717) is 0 Å². The first-order chi connectivity index (χ1) is 18.4. The van der Waals surface area contributed by atoms with Crippen LogP contribution in [0.1, 0.15) is 0 Å². The molecule has 37 heavy (non-hydrogen) atoms. The van der Waals surface area contributed by atoms with Crippen LogP contribution in [0.15, 0.2) is 126 Å². The number of benzene rings is 5. The lowest BCUT2D eigenvalue weighted by molar-refractivity contribution is 0.670. The van der Waals surface area contributed by atoms with E-state index in [0.717, 1.165) is 71.4 Å². The molecule has 3 nitrogen and oxygen atoms in total. The SMILES string of the molecule is c1ccc(-c2nc3ccccc3c3c2cc(-c2cncc4ccccc24)c2oc4ccccc4c23)cc1. The van der Waals surface area contributed by atoms with E-state index in [4.69, 9.17) is 9.40 Å². The van der Waals surface area contributed by atoms with Gasteiger partial charge in [0.05, 0.1) is 11.2 Å². The summed E-state index contributed by atoms with van der Waals surface area (Å²) in [5.41, 5.74) is 6.86. The molecule has 0 fully saturated rings. The fraction of sp³-hybridized carbons (Fsp3) is 0. The predicted molar refractivity (Wildman–Crippen MR) is 153 cm³/mol. The van der Waals surface area contributed by atoms with Crippen LogP contribution in [0.2, 0.25) is 0 Å². The molecular weight excluding hydrogens is 452 g/mol. The number of pyridine rings is 2. The number of fused-ring (bicyclic) bond motifs is 8. The van der Waals surface area contributed by atoms with Crippen LogP contribution in [0, 0.1) is 0 Å². The van der Waals surface area contributed by atoms with Gasteiger partial charge in [0.25, 0.3) is 0 Å². The summed E-state index contributed by atoms with van der Waals surface area (Å²) in [5, 5.41) is 7.86. The lowest BCUT2D eigenvalue weighted by Gasteiger charge is -2.14. The highest BCUT2D eigenvalue weighted by Gasteiger charge is 2.22. The Morgan fingerprint density at radius 3 is 2.16 bits per heavy atom. The molecule has 0 radical (unpaired) electrons. The Kier molecular flexibility index (Phi) is 4.23. The van der Waals surface area contributed by atoms with Crippen molar-refractivity contribution in [3.05, 3.63) is 122 Å². The van der Waals surface area contributed by atoms with Crippen molar-refractivity contribution < 1.29 is 4.42 Å². The van der Waals surface area contributed by atoms with Crippen molar-refractivity contribution in [2.45, 2.75) is 0 Å². The molecule has 172 valence electrons. The summed E-state index contributed by atoms with van der Waals surface area (Å²) in [5.74, 6) is 0. The van der Waals surface area contributed by atoms with Crippen LogP contribution in [0.5, 0.6) is 0 Å². The molecule has 3 heterocycles. The van der Waals surface area contributed by atoms with Gasteiger partial charge in [0.15, 0.2) is 0 Å². The van der Waals surface area contributed by atoms with Crippen molar-refractivity contribution in [1.82, 2.24) is 9.97 Å². The van der Waals surface area contributed by atoms with Gasteiger partial charge in [-0.1, -0.05) is 91.0 Å². The zero-order valence-electron chi connectivity index (χ0n) is 19.8. The monoisotopic (exact) mass is 472 g/mol. The minimum absolute atomic E-state index is 0.876. The largest absolute Gasteiger partial charge is 0.455 e. The fourth-order valence-electron chi connectivity index (χ4n) is 5.68. The molecule has 0 aliphatic rings. The van der Waals surface area contributed by atoms with Gasteiger partial charge in [-0.05, 0) is 23.6 Å². The number of furan rings is 1. The Bertz CT molecular complexity index is 2140. The molecule has 0 saturated carbocycles. The standard InChI is InChI=1S/C34H20N2O/c1-2-10-21(11-3-1)33-27-18-26(28-20-35-19-22-12-4-5-13-23(22)28)34-32(25-15-7-9-17-30(25)37-34)31(27)24-14-6-8-16-29(24)36-33/h1-20H. The first-order valence-electron chi connectivity index (χ1n) is 12.4. The summed E-state index contributed by atoms with van der Waals surface area (Å²) in [7, 11) is 0. The average Bonchev–Trinajstić information content (AvgIpc) is 3.36. The quantitative estimate of drug-likeness (QED) is 0.235. The Balaban J connectivity index is 1.66. The Hall–Kier alpha value is -5.02. The third-order valence-electron chi connectivity index (χ3n) is 7.31. The molecule has 8 rings (SSSR count). The zero-order valence-corrected chi connectivity index (χ0v) is 19.8. The first-order valence-corrected chi connectivity index (χ1v) is 12.4. The second kappa shape index (κ2) is 7.74. The molecule has 0 aliphatic heterocycles. The third-order valence-corrected chi connectivity index (χ3v) is 7.31. The molecule has 0 amide bonds. The molecule has 5 aromatic carbocycles. The Morgan fingerprint density at radius 1 is 0.541 bits per heavy atom. The van der Waals surface area contributed by atoms with E-state index in [1.54, 1.807) is 0 Å². The van der Waals surface area contributed by atoms with Gasteiger partial charge >= 0.3 is 0 Å². The second-order valence-corrected chi connectivity index (χ2v) is 9.40. The predicted octanol–water partition coefficient (Wildman–Crippen LogP) is 9.17. The fourth-order valence-corrected chi connectivity index (χ4v) is 5.68. The van der Waals surface area contributed by atoms with Gasteiger partial charge in [-0.15, -0.1) is 0 Å². The maximum absolute atomic E-state index is 6.64. The van der Waals surface area contributed by atoms with Gasteiger partial charge in [0.1, 0.15) is 11.2 Å². The molecule has 0 atom stereocenters. The lowest BCUT2D eigenvalue weighted by Crippen LogP contribution is -1.92. The summed E-state index contributed by atoms with van der Waals surface area (Å²) in [4.78, 5) is 9.80. The topological polar surface area (TPSA) is 38.9 Å². The van der Waals surface area contributed by atoms with Crippen molar-refractivity contribution in [3.63, 3.8) is 0 Å². The van der Waals surface area contributed by atoms with Crippen molar-refractivity contribution in [2.75, 3.05) is 0 Å². The van der Waals surface area contributed by atoms with Crippen LogP contribution in [-0.4, -0.2) is 9.97 Å². The molecule has 0 bridgehead atoms. The number of nitrogens with zero attached hydrogens (tertiary/aromatic N) is 2. The smallest absolute Gasteiger partial charge is 0.143 e. The summed E-state index contributed by atoms with van der Waals surface area (Å²) < 4.78 is 6.64. The molecule has 0 saturated heterocycles. The van der Waals surface area contributed by atoms with E-state index in [1.807, 2.05) is 30.6 Å². The van der Waals surface area contributed by atoms with E-state index in [1.165, 1.54) is 5.39 Å². The van der Waals surface area contributed by atoms with E-state index >= 15 is 0 Å². The highest BCUT2D eigenvalue weighted by Crippen LogP contribution is 2.46. The van der Waals surface area contributed by atoms with E-state index in [9.17, 15) is 0 Å². The molecule has 8 aromatic rings. The molecule has 3 heteroatoms. The maximum Gasteiger partial charge on any atom is 0.143 e. The number of para-hydroxylation sites is 2. The van der Waals surface area contributed by atoms with Gasteiger partial charge in [-0.2, -0.15) is 0 Å². The minimum Gasteiger partial charge on any atom is -0.455 e. The molecular formula is C34H20N2O. The number of aromatic nitrogens is 2. The maximum atomic E-state index is 6.64. The molecule has 0 unspecified atom stereocenters. The molecule has 0 aliphatic carbocycles. The van der Waals surface area contributed by atoms with Crippen LogP contribution in [-0.2, 0) is 0 Å².